The molecule has 1 aliphatic rings. The van der Waals surface area contributed by atoms with Gasteiger partial charge in [-0.3, -0.25) is 9.78 Å². The predicted molar refractivity (Wildman–Crippen MR) is 85.6 cm³/mol. The molecule has 0 N–H and O–H groups in total. The van der Waals surface area contributed by atoms with Gasteiger partial charge in [-0.15, -0.1) is 0 Å². The molecule has 3 heterocycles. The quantitative estimate of drug-likeness (QED) is 0.727. The van der Waals surface area contributed by atoms with Crippen molar-refractivity contribution >= 4 is 5.91 Å². The van der Waals surface area contributed by atoms with Crippen molar-refractivity contribution in [2.45, 2.75) is 32.0 Å². The highest BCUT2D eigenvalue weighted by Crippen LogP contribution is 2.16. The third-order valence-electron chi connectivity index (χ3n) is 3.93. The molecular weight excluding hydrogens is 326 g/mol. The van der Waals surface area contributed by atoms with Crippen molar-refractivity contribution in [2.75, 3.05) is 26.8 Å². The Hall–Kier alpha value is -2.39. The van der Waals surface area contributed by atoms with Crippen molar-refractivity contribution in [3.63, 3.8) is 0 Å². The third-order valence-corrected chi connectivity index (χ3v) is 3.93. The van der Waals surface area contributed by atoms with Crippen LogP contribution in [0.4, 0.5) is 0 Å². The average Bonchev–Trinajstić information content (AvgIpc) is 3.13. The van der Waals surface area contributed by atoms with E-state index in [1.165, 1.54) is 12.4 Å². The SMILES string of the molecule is COCCc1noc(COC2CCCN(C(=O)c3cnccn3)C2)n1. The number of likely N-dealkylation sites (tertiary alicyclic amines) is 1. The van der Waals surface area contributed by atoms with Crippen LogP contribution in [0.5, 0.6) is 0 Å². The number of hydrogen-bond acceptors (Lipinski definition) is 8. The van der Waals surface area contributed by atoms with E-state index in [1.807, 2.05) is 0 Å². The third kappa shape index (κ3) is 4.80. The van der Waals surface area contributed by atoms with Crippen LogP contribution in [-0.2, 0) is 22.5 Å². The molecule has 0 radical (unpaired) electrons. The first-order valence-electron chi connectivity index (χ1n) is 8.23. The lowest BCUT2D eigenvalue weighted by Crippen LogP contribution is -2.43. The van der Waals surface area contributed by atoms with Crippen molar-refractivity contribution in [3.8, 4) is 0 Å². The highest BCUT2D eigenvalue weighted by molar-refractivity contribution is 5.92. The van der Waals surface area contributed by atoms with Gasteiger partial charge in [0.05, 0.1) is 18.9 Å². The minimum absolute atomic E-state index is 0.0660. The molecule has 1 fully saturated rings. The number of carbonyl (C=O) groups is 1. The summed E-state index contributed by atoms with van der Waals surface area (Å²) in [6.45, 7) is 1.98. The van der Waals surface area contributed by atoms with Crippen LogP contribution in [0.3, 0.4) is 0 Å². The molecule has 0 aromatic carbocycles. The molecule has 9 nitrogen and oxygen atoms in total. The topological polar surface area (TPSA) is 103 Å². The zero-order valence-corrected chi connectivity index (χ0v) is 14.1. The summed E-state index contributed by atoms with van der Waals surface area (Å²) in [4.78, 5) is 26.4. The van der Waals surface area contributed by atoms with Crippen molar-refractivity contribution < 1.29 is 18.8 Å². The monoisotopic (exact) mass is 347 g/mol. The molecule has 3 rings (SSSR count). The van der Waals surface area contributed by atoms with Gasteiger partial charge in [0.2, 0.25) is 0 Å². The minimum atomic E-state index is -0.124. The summed E-state index contributed by atoms with van der Waals surface area (Å²) in [6.07, 6.45) is 6.83. The summed E-state index contributed by atoms with van der Waals surface area (Å²) in [5.74, 6) is 0.910. The van der Waals surface area contributed by atoms with E-state index in [4.69, 9.17) is 14.0 Å². The molecule has 1 saturated heterocycles. The van der Waals surface area contributed by atoms with Crippen molar-refractivity contribution in [1.29, 1.82) is 0 Å². The maximum atomic E-state index is 12.4. The Labute approximate surface area is 145 Å². The van der Waals surface area contributed by atoms with Gasteiger partial charge >= 0.3 is 0 Å². The number of carbonyl (C=O) groups excluding carboxylic acids is 1. The number of rotatable bonds is 7. The number of piperidine rings is 1. The maximum absolute atomic E-state index is 12.4. The molecule has 0 saturated carbocycles. The molecule has 25 heavy (non-hydrogen) atoms. The van der Waals surface area contributed by atoms with Crippen LogP contribution in [0, 0.1) is 0 Å². The zero-order chi connectivity index (χ0) is 17.5. The first-order chi connectivity index (χ1) is 12.3. The number of hydrogen-bond donors (Lipinski definition) is 0. The number of methoxy groups -OCH3 is 1. The largest absolute Gasteiger partial charge is 0.384 e. The summed E-state index contributed by atoms with van der Waals surface area (Å²) in [5, 5.41) is 3.87. The Kier molecular flexibility index (Phi) is 6.02. The first-order valence-corrected chi connectivity index (χ1v) is 8.23. The second-order valence-electron chi connectivity index (χ2n) is 5.76. The van der Waals surface area contributed by atoms with E-state index in [1.54, 1.807) is 18.2 Å². The van der Waals surface area contributed by atoms with E-state index in [0.29, 0.717) is 43.5 Å². The molecule has 1 unspecified atom stereocenters. The van der Waals surface area contributed by atoms with Gasteiger partial charge in [0, 0.05) is 39.0 Å². The van der Waals surface area contributed by atoms with Crippen LogP contribution in [-0.4, -0.2) is 63.8 Å². The van der Waals surface area contributed by atoms with Crippen LogP contribution in [0.15, 0.2) is 23.1 Å². The molecule has 134 valence electrons. The molecule has 1 aliphatic heterocycles. The van der Waals surface area contributed by atoms with Gasteiger partial charge in [0.15, 0.2) is 5.82 Å². The van der Waals surface area contributed by atoms with E-state index in [2.05, 4.69) is 20.1 Å². The summed E-state index contributed by atoms with van der Waals surface area (Å²) >= 11 is 0. The van der Waals surface area contributed by atoms with Gasteiger partial charge in [0.1, 0.15) is 12.3 Å². The lowest BCUT2D eigenvalue weighted by atomic mass is 10.1. The van der Waals surface area contributed by atoms with Crippen LogP contribution < -0.4 is 0 Å². The van der Waals surface area contributed by atoms with Gasteiger partial charge in [-0.2, -0.15) is 4.98 Å². The minimum Gasteiger partial charge on any atom is -0.384 e. The molecule has 1 amide bonds. The number of ether oxygens (including phenoxy) is 2. The molecule has 9 heteroatoms. The fourth-order valence-electron chi connectivity index (χ4n) is 2.66. The lowest BCUT2D eigenvalue weighted by molar-refractivity contribution is -0.0155. The molecular formula is C16H21N5O4. The molecule has 2 aromatic heterocycles. The lowest BCUT2D eigenvalue weighted by Gasteiger charge is -2.32. The molecule has 2 aromatic rings. The normalized spacial score (nSPS) is 17.6. The number of amides is 1. The number of aromatic nitrogens is 4. The van der Waals surface area contributed by atoms with Crippen molar-refractivity contribution in [3.05, 3.63) is 36.0 Å². The Morgan fingerprint density at radius 3 is 3.16 bits per heavy atom. The standard InChI is InChI=1S/C16H21N5O4/c1-23-8-4-14-19-15(25-20-14)11-24-12-3-2-7-21(10-12)16(22)13-9-17-5-6-18-13/h5-6,9,12H,2-4,7-8,10-11H2,1H3. The zero-order valence-electron chi connectivity index (χ0n) is 14.1. The van der Waals surface area contributed by atoms with E-state index in [0.717, 1.165) is 12.8 Å². The summed E-state index contributed by atoms with van der Waals surface area (Å²) in [7, 11) is 1.63. The fraction of sp³-hybridized carbons (Fsp3) is 0.562. The predicted octanol–water partition coefficient (Wildman–Crippen LogP) is 0.870. The van der Waals surface area contributed by atoms with Crippen molar-refractivity contribution in [2.24, 2.45) is 0 Å². The van der Waals surface area contributed by atoms with Gasteiger partial charge in [-0.25, -0.2) is 4.98 Å². The summed E-state index contributed by atoms with van der Waals surface area (Å²) in [6, 6.07) is 0. The Bertz CT molecular complexity index is 678. The Balaban J connectivity index is 1.50. The fourth-order valence-corrected chi connectivity index (χ4v) is 2.66. The molecule has 0 bridgehead atoms. The molecule has 1 atom stereocenters. The van der Waals surface area contributed by atoms with Crippen LogP contribution in [0.1, 0.15) is 35.0 Å². The number of nitrogens with zero attached hydrogens (tertiary/aromatic N) is 5. The Morgan fingerprint density at radius 1 is 1.44 bits per heavy atom. The average molecular weight is 347 g/mol. The van der Waals surface area contributed by atoms with Crippen LogP contribution >= 0.6 is 0 Å². The van der Waals surface area contributed by atoms with E-state index < -0.39 is 0 Å². The van der Waals surface area contributed by atoms with Gasteiger partial charge in [0.25, 0.3) is 11.8 Å². The molecule has 0 spiro atoms. The smallest absolute Gasteiger partial charge is 0.274 e. The second kappa shape index (κ2) is 8.63. The summed E-state index contributed by atoms with van der Waals surface area (Å²) < 4.78 is 16.0. The van der Waals surface area contributed by atoms with Crippen LogP contribution in [0.2, 0.25) is 0 Å². The maximum Gasteiger partial charge on any atom is 0.274 e. The van der Waals surface area contributed by atoms with E-state index >= 15 is 0 Å². The van der Waals surface area contributed by atoms with E-state index in [9.17, 15) is 4.79 Å². The summed E-state index contributed by atoms with van der Waals surface area (Å²) in [5.41, 5.74) is 0.350. The van der Waals surface area contributed by atoms with Gasteiger partial charge < -0.3 is 18.9 Å². The van der Waals surface area contributed by atoms with Crippen LogP contribution in [0.25, 0.3) is 0 Å². The van der Waals surface area contributed by atoms with Gasteiger partial charge in [-0.1, -0.05) is 5.16 Å². The highest BCUT2D eigenvalue weighted by atomic mass is 16.5. The van der Waals surface area contributed by atoms with Crippen molar-refractivity contribution in [1.82, 2.24) is 25.0 Å². The van der Waals surface area contributed by atoms with E-state index in [-0.39, 0.29) is 18.6 Å². The first kappa shape index (κ1) is 17.4. The molecule has 0 aliphatic carbocycles. The second-order valence-corrected chi connectivity index (χ2v) is 5.76. The van der Waals surface area contributed by atoms with Gasteiger partial charge in [-0.05, 0) is 12.8 Å². The Morgan fingerprint density at radius 2 is 2.36 bits per heavy atom. The highest BCUT2D eigenvalue weighted by Gasteiger charge is 2.26.